The van der Waals surface area contributed by atoms with Gasteiger partial charge in [0.1, 0.15) is 0 Å². The largest absolute Gasteiger partial charge is 0.500 e. The third kappa shape index (κ3) is 5.95. The summed E-state index contributed by atoms with van der Waals surface area (Å²) in [6, 6.07) is 0.975. The molecule has 3 atom stereocenters. The molecule has 132 valence electrons. The zero-order valence-corrected chi connectivity index (χ0v) is 16.7. The van der Waals surface area contributed by atoms with Gasteiger partial charge in [-0.2, -0.15) is 0 Å². The molecule has 1 saturated carbocycles. The summed E-state index contributed by atoms with van der Waals surface area (Å²) in [7, 11) is -2.47. The molecule has 1 aliphatic carbocycles. The standard InChI is InChI=1S/C18H38O3Si/c1-7-19-22(20-8-2,21-9-3)13-12-17-14-16(6)10-11-18(17)15(4)5/h15-18H,7-14H2,1-6H3. The van der Waals surface area contributed by atoms with Crippen molar-refractivity contribution < 1.29 is 13.3 Å². The van der Waals surface area contributed by atoms with E-state index in [1.165, 1.54) is 25.7 Å². The highest BCUT2D eigenvalue weighted by Crippen LogP contribution is 2.41. The third-order valence-corrected chi connectivity index (χ3v) is 8.16. The Labute approximate surface area is 139 Å². The Morgan fingerprint density at radius 1 is 0.955 bits per heavy atom. The van der Waals surface area contributed by atoms with Crippen LogP contribution >= 0.6 is 0 Å². The van der Waals surface area contributed by atoms with Crippen molar-refractivity contribution in [2.75, 3.05) is 19.8 Å². The smallest absolute Gasteiger partial charge is 0.374 e. The first-order valence-electron chi connectivity index (χ1n) is 9.39. The first-order chi connectivity index (χ1) is 10.5. The fourth-order valence-electron chi connectivity index (χ4n) is 4.10. The maximum Gasteiger partial charge on any atom is 0.500 e. The summed E-state index contributed by atoms with van der Waals surface area (Å²) in [6.45, 7) is 15.3. The van der Waals surface area contributed by atoms with Gasteiger partial charge in [0.15, 0.2) is 0 Å². The minimum atomic E-state index is -2.47. The SMILES string of the molecule is CCO[Si](CCC1CC(C)CCC1C(C)C)(OCC)OCC. The highest BCUT2D eigenvalue weighted by molar-refractivity contribution is 6.60. The summed E-state index contributed by atoms with van der Waals surface area (Å²) in [5, 5.41) is 0. The van der Waals surface area contributed by atoms with E-state index in [0.717, 1.165) is 29.7 Å². The molecule has 0 bridgehead atoms. The Balaban J connectivity index is 2.70. The molecule has 0 heterocycles. The Morgan fingerprint density at radius 3 is 1.95 bits per heavy atom. The second-order valence-corrected chi connectivity index (χ2v) is 9.84. The minimum absolute atomic E-state index is 0.681. The molecule has 1 aliphatic rings. The summed E-state index contributed by atoms with van der Waals surface area (Å²) >= 11 is 0. The molecule has 0 aliphatic heterocycles. The van der Waals surface area contributed by atoms with Crippen LogP contribution in [0.25, 0.3) is 0 Å². The molecule has 0 amide bonds. The van der Waals surface area contributed by atoms with Crippen LogP contribution in [-0.2, 0) is 13.3 Å². The molecular weight excluding hydrogens is 292 g/mol. The molecular formula is C18H38O3Si. The Morgan fingerprint density at radius 2 is 1.50 bits per heavy atom. The van der Waals surface area contributed by atoms with Gasteiger partial charge in [-0.15, -0.1) is 0 Å². The average Bonchev–Trinajstić information content (AvgIpc) is 2.46. The van der Waals surface area contributed by atoms with Crippen molar-refractivity contribution >= 4 is 8.80 Å². The van der Waals surface area contributed by atoms with Gasteiger partial charge in [-0.05, 0) is 63.7 Å². The Hall–Kier alpha value is 0.0969. The highest BCUT2D eigenvalue weighted by atomic mass is 28.4. The van der Waals surface area contributed by atoms with Crippen LogP contribution < -0.4 is 0 Å². The van der Waals surface area contributed by atoms with Crippen LogP contribution in [0.4, 0.5) is 0 Å². The monoisotopic (exact) mass is 330 g/mol. The third-order valence-electron chi connectivity index (χ3n) is 5.07. The van der Waals surface area contributed by atoms with Crippen LogP contribution in [0.2, 0.25) is 6.04 Å². The minimum Gasteiger partial charge on any atom is -0.374 e. The second kappa shape index (κ2) is 10.1. The van der Waals surface area contributed by atoms with E-state index in [4.69, 9.17) is 13.3 Å². The first kappa shape index (κ1) is 20.1. The predicted molar refractivity (Wildman–Crippen MR) is 94.9 cm³/mol. The Kier molecular flexibility index (Phi) is 9.21. The molecule has 3 nitrogen and oxygen atoms in total. The normalized spacial score (nSPS) is 26.6. The molecule has 0 N–H and O–H groups in total. The lowest BCUT2D eigenvalue weighted by atomic mass is 9.69. The van der Waals surface area contributed by atoms with Gasteiger partial charge in [0.05, 0.1) is 0 Å². The highest BCUT2D eigenvalue weighted by Gasteiger charge is 2.42. The molecule has 0 aromatic rings. The van der Waals surface area contributed by atoms with E-state index >= 15 is 0 Å². The molecule has 0 aromatic carbocycles. The zero-order valence-electron chi connectivity index (χ0n) is 15.7. The molecule has 0 spiro atoms. The van der Waals surface area contributed by atoms with E-state index in [-0.39, 0.29) is 0 Å². The molecule has 22 heavy (non-hydrogen) atoms. The van der Waals surface area contributed by atoms with Crippen LogP contribution in [0.5, 0.6) is 0 Å². The number of hydrogen-bond donors (Lipinski definition) is 0. The maximum atomic E-state index is 6.02. The van der Waals surface area contributed by atoms with Crippen molar-refractivity contribution in [2.24, 2.45) is 23.7 Å². The summed E-state index contributed by atoms with van der Waals surface area (Å²) in [5.74, 6) is 3.30. The van der Waals surface area contributed by atoms with Crippen LogP contribution in [0.1, 0.15) is 67.2 Å². The zero-order chi connectivity index (χ0) is 16.6. The first-order valence-corrected chi connectivity index (χ1v) is 11.3. The van der Waals surface area contributed by atoms with Gasteiger partial charge in [0.2, 0.25) is 0 Å². The maximum absolute atomic E-state index is 6.02. The van der Waals surface area contributed by atoms with Crippen molar-refractivity contribution in [3.05, 3.63) is 0 Å². The lowest BCUT2D eigenvalue weighted by Gasteiger charge is -2.39. The number of hydrogen-bond acceptors (Lipinski definition) is 3. The van der Waals surface area contributed by atoms with Crippen LogP contribution in [0, 0.1) is 23.7 Å². The van der Waals surface area contributed by atoms with Crippen molar-refractivity contribution in [3.8, 4) is 0 Å². The number of rotatable bonds is 10. The van der Waals surface area contributed by atoms with E-state index in [0.29, 0.717) is 19.8 Å². The molecule has 3 unspecified atom stereocenters. The van der Waals surface area contributed by atoms with E-state index in [1.54, 1.807) is 0 Å². The second-order valence-electron chi connectivity index (χ2n) is 7.11. The van der Waals surface area contributed by atoms with Crippen molar-refractivity contribution in [1.82, 2.24) is 0 Å². The Bertz CT molecular complexity index is 279. The van der Waals surface area contributed by atoms with Gasteiger partial charge in [-0.25, -0.2) is 0 Å². The molecule has 0 radical (unpaired) electrons. The van der Waals surface area contributed by atoms with E-state index in [2.05, 4.69) is 20.8 Å². The van der Waals surface area contributed by atoms with Gasteiger partial charge in [0, 0.05) is 25.9 Å². The lowest BCUT2D eigenvalue weighted by Crippen LogP contribution is -2.46. The summed E-state index contributed by atoms with van der Waals surface area (Å²) < 4.78 is 18.1. The fourth-order valence-corrected chi connectivity index (χ4v) is 6.82. The molecule has 0 saturated heterocycles. The van der Waals surface area contributed by atoms with Crippen molar-refractivity contribution in [2.45, 2.75) is 73.3 Å². The summed E-state index contributed by atoms with van der Waals surface area (Å²) in [5.41, 5.74) is 0. The molecule has 0 aromatic heterocycles. The summed E-state index contributed by atoms with van der Waals surface area (Å²) in [4.78, 5) is 0. The van der Waals surface area contributed by atoms with Crippen molar-refractivity contribution in [3.63, 3.8) is 0 Å². The predicted octanol–water partition coefficient (Wildman–Crippen LogP) is 5.13. The van der Waals surface area contributed by atoms with Crippen LogP contribution in [-0.4, -0.2) is 28.6 Å². The van der Waals surface area contributed by atoms with Gasteiger partial charge in [0.25, 0.3) is 0 Å². The van der Waals surface area contributed by atoms with Crippen molar-refractivity contribution in [1.29, 1.82) is 0 Å². The van der Waals surface area contributed by atoms with Gasteiger partial charge < -0.3 is 13.3 Å². The quantitative estimate of drug-likeness (QED) is 0.519. The van der Waals surface area contributed by atoms with Crippen LogP contribution in [0.3, 0.4) is 0 Å². The van der Waals surface area contributed by atoms with E-state index in [1.807, 2.05) is 20.8 Å². The molecule has 1 rings (SSSR count). The van der Waals surface area contributed by atoms with Gasteiger partial charge >= 0.3 is 8.80 Å². The lowest BCUT2D eigenvalue weighted by molar-refractivity contribution is 0.0643. The average molecular weight is 331 g/mol. The van der Waals surface area contributed by atoms with Gasteiger partial charge in [-0.3, -0.25) is 0 Å². The fraction of sp³-hybridized carbons (Fsp3) is 1.00. The van der Waals surface area contributed by atoms with E-state index < -0.39 is 8.80 Å². The summed E-state index contributed by atoms with van der Waals surface area (Å²) in [6.07, 6.45) is 5.33. The van der Waals surface area contributed by atoms with Gasteiger partial charge in [-0.1, -0.05) is 27.2 Å². The van der Waals surface area contributed by atoms with Crippen LogP contribution in [0.15, 0.2) is 0 Å². The van der Waals surface area contributed by atoms with E-state index in [9.17, 15) is 0 Å². The molecule has 4 heteroatoms. The topological polar surface area (TPSA) is 27.7 Å². The molecule has 1 fully saturated rings.